The van der Waals surface area contributed by atoms with Crippen molar-refractivity contribution >= 4 is 43.1 Å². The summed E-state index contributed by atoms with van der Waals surface area (Å²) in [6, 6.07) is 27.6. The number of nitrogens with zero attached hydrogens (tertiary/aromatic N) is 10. The van der Waals surface area contributed by atoms with E-state index in [-0.39, 0.29) is 26.7 Å². The summed E-state index contributed by atoms with van der Waals surface area (Å²) in [5.74, 6) is -1.23. The topological polar surface area (TPSA) is 273 Å². The Morgan fingerprint density at radius 2 is 1.14 bits per heavy atom. The van der Waals surface area contributed by atoms with Crippen LogP contribution in [0.4, 0.5) is 11.9 Å². The lowest BCUT2D eigenvalue weighted by atomic mass is 10.1. The molecule has 7 aromatic rings. The van der Waals surface area contributed by atoms with E-state index in [1.165, 1.54) is 57.9 Å². The monoisotopic (exact) mass is 927 g/mol. The second kappa shape index (κ2) is 17.4. The van der Waals surface area contributed by atoms with Gasteiger partial charge in [-0.1, -0.05) is 63.7 Å². The molecule has 0 bridgehead atoms. The second-order valence-electron chi connectivity index (χ2n) is 14.0. The number of carbonyl (C=O) groups is 1. The summed E-state index contributed by atoms with van der Waals surface area (Å²) in [5, 5.41) is 41.9. The number of carbonyl (C=O) groups excluding carboxylic acids is 1. The van der Waals surface area contributed by atoms with Crippen LogP contribution >= 0.6 is 0 Å². The van der Waals surface area contributed by atoms with Crippen molar-refractivity contribution in [2.24, 2.45) is 14.1 Å². The third-order valence-corrected chi connectivity index (χ3v) is 13.6. The molecule has 0 spiro atoms. The number of aryl methyl sites for hydroxylation is 2. The van der Waals surface area contributed by atoms with E-state index >= 15 is 0 Å². The lowest BCUT2D eigenvalue weighted by Gasteiger charge is -2.09. The maximum absolute atomic E-state index is 12.9. The van der Waals surface area contributed by atoms with E-state index in [0.717, 1.165) is 23.3 Å². The minimum Gasteiger partial charge on any atom is -0.871 e. The summed E-state index contributed by atoms with van der Waals surface area (Å²) in [6.07, 6.45) is 11.6. The predicted octanol–water partition coefficient (Wildman–Crippen LogP) is 3.56. The van der Waals surface area contributed by atoms with Crippen LogP contribution in [0.3, 0.4) is 0 Å². The van der Waals surface area contributed by atoms with Crippen molar-refractivity contribution in [2.45, 2.75) is 9.79 Å². The van der Waals surface area contributed by atoms with Gasteiger partial charge in [-0.25, -0.2) is 26.0 Å². The molecule has 66 heavy (non-hydrogen) atoms. The van der Waals surface area contributed by atoms with E-state index in [1.54, 1.807) is 90.5 Å². The third kappa shape index (κ3) is 8.36. The van der Waals surface area contributed by atoms with Gasteiger partial charge in [-0.3, -0.25) is 4.79 Å². The lowest BCUT2D eigenvalue weighted by molar-refractivity contribution is -0.606. The molecule has 2 aliphatic rings. The number of allylic oxidation sites excluding steroid dienone is 5. The van der Waals surface area contributed by atoms with Crippen molar-refractivity contribution in [1.82, 2.24) is 29.5 Å². The molecule has 23 heteroatoms. The van der Waals surface area contributed by atoms with Crippen LogP contribution in [0.15, 0.2) is 178 Å². The van der Waals surface area contributed by atoms with Gasteiger partial charge in [0, 0.05) is 15.5 Å². The van der Waals surface area contributed by atoms with Crippen molar-refractivity contribution in [2.75, 3.05) is 0 Å². The van der Waals surface area contributed by atoms with Crippen LogP contribution in [-0.4, -0.2) is 62.0 Å². The Labute approximate surface area is 373 Å². The van der Waals surface area contributed by atoms with E-state index in [1.807, 2.05) is 24.3 Å². The molecule has 0 fully saturated rings. The fraction of sp³-hybridized carbons (Fsp3) is 0.0465. The number of nitro groups is 2. The van der Waals surface area contributed by atoms with Crippen LogP contribution in [-0.2, 0) is 33.8 Å². The molecule has 0 saturated carbocycles. The lowest BCUT2D eigenvalue weighted by Crippen LogP contribution is -2.34. The van der Waals surface area contributed by atoms with Gasteiger partial charge >= 0.3 is 23.8 Å². The van der Waals surface area contributed by atoms with Gasteiger partial charge in [-0.15, -0.1) is 0 Å². The standard InChI is InChI=1S/C27H18O7S2.C16H14N10O4/c28-26-20-10-4-6-12-22(20)35(30,31)24(26)16-14-19(34-18-8-2-1-3-9-18)15-17-25-27(29)21-11-5-7-13-23(21)36(25,32)33;1-21-15(17-13(19-21)25(27)28)23-7-3-11(4-8-23)12-5-9-24(10-6-12)16-18-14(26(29)30)20-22(16)2/h1-17,28H;3-10H,1-2H3/q;+2/p-1. The van der Waals surface area contributed by atoms with Crippen LogP contribution in [0.5, 0.6) is 5.75 Å². The van der Waals surface area contributed by atoms with Gasteiger partial charge in [-0.2, -0.15) is 0 Å². The molecule has 0 saturated heterocycles. The summed E-state index contributed by atoms with van der Waals surface area (Å²) in [6.45, 7) is 0. The molecule has 330 valence electrons. The molecule has 6 heterocycles. The van der Waals surface area contributed by atoms with E-state index in [9.17, 15) is 47.0 Å². The Bertz CT molecular complexity index is 3370. The Balaban J connectivity index is 0.000000182. The average Bonchev–Trinajstić information content (AvgIpc) is 4.01. The number of fused-ring (bicyclic) bond motifs is 2. The van der Waals surface area contributed by atoms with Crippen LogP contribution < -0.4 is 19.0 Å². The number of ether oxygens (including phenoxy) is 1. The van der Waals surface area contributed by atoms with Crippen LogP contribution in [0.1, 0.15) is 15.9 Å². The molecule has 2 aliphatic heterocycles. The number of pyridine rings is 2. The first-order valence-electron chi connectivity index (χ1n) is 19.2. The Morgan fingerprint density at radius 1 is 0.667 bits per heavy atom. The minimum absolute atomic E-state index is 0.0131. The SMILES string of the molecule is Cn1nc([N+](=O)[O-])nc1-[n+]1ccc(-c2cc[n+](-c3nc([N+](=O)[O-])nn3C)cc2)cc1.O=C1C(=CC=C(C=CC2=C([O-])c3ccccc3S2(=O)=O)Oc2ccccc2)S(=O)(=O)c2ccccc21. The molecule has 0 atom stereocenters. The van der Waals surface area contributed by atoms with E-state index < -0.39 is 62.8 Å². The average molecular weight is 928 g/mol. The number of hydrogen-bond acceptors (Lipinski definition) is 15. The Kier molecular flexibility index (Phi) is 11.5. The third-order valence-electron chi connectivity index (χ3n) is 9.88. The highest BCUT2D eigenvalue weighted by Crippen LogP contribution is 2.37. The zero-order valence-electron chi connectivity index (χ0n) is 34.2. The normalized spacial score (nSPS) is 15.3. The van der Waals surface area contributed by atoms with Crippen LogP contribution in [0.2, 0.25) is 0 Å². The fourth-order valence-corrected chi connectivity index (χ4v) is 9.85. The van der Waals surface area contributed by atoms with Gasteiger partial charge in [0.2, 0.25) is 25.5 Å². The Hall–Kier alpha value is -8.83. The van der Waals surface area contributed by atoms with Gasteiger partial charge in [0.15, 0.2) is 0 Å². The quantitative estimate of drug-likeness (QED) is 0.0474. The number of sulfone groups is 2. The highest BCUT2D eigenvalue weighted by Gasteiger charge is 2.38. The Morgan fingerprint density at radius 3 is 1.61 bits per heavy atom. The first-order valence-corrected chi connectivity index (χ1v) is 22.1. The first-order chi connectivity index (χ1) is 31.5. The van der Waals surface area contributed by atoms with E-state index in [0.29, 0.717) is 17.6 Å². The summed E-state index contributed by atoms with van der Waals surface area (Å²) in [5.41, 5.74) is 1.93. The van der Waals surface area contributed by atoms with Gasteiger partial charge in [-0.05, 0) is 105 Å². The zero-order chi connectivity index (χ0) is 46.9. The van der Waals surface area contributed by atoms with Crippen molar-refractivity contribution in [3.8, 4) is 28.8 Å². The number of para-hydroxylation sites is 1. The van der Waals surface area contributed by atoms with Gasteiger partial charge in [0.05, 0.1) is 63.8 Å². The molecule has 9 rings (SSSR count). The number of rotatable bonds is 10. The number of hydrogen-bond donors (Lipinski definition) is 0. The maximum Gasteiger partial charge on any atom is 0.508 e. The highest BCUT2D eigenvalue weighted by atomic mass is 32.2. The summed E-state index contributed by atoms with van der Waals surface area (Å²) >= 11 is 0. The van der Waals surface area contributed by atoms with Crippen molar-refractivity contribution in [3.63, 3.8) is 0 Å². The van der Waals surface area contributed by atoms with Crippen molar-refractivity contribution in [3.05, 3.63) is 199 Å². The smallest absolute Gasteiger partial charge is 0.508 e. The molecule has 4 aromatic heterocycles. The van der Waals surface area contributed by atoms with Crippen LogP contribution in [0, 0.1) is 20.2 Å². The summed E-state index contributed by atoms with van der Waals surface area (Å²) < 4.78 is 63.2. The number of aromatic nitrogens is 8. The van der Waals surface area contributed by atoms with Gasteiger partial charge in [0.25, 0.3) is 0 Å². The van der Waals surface area contributed by atoms with E-state index in [2.05, 4.69) is 20.2 Å². The van der Waals surface area contributed by atoms with Crippen LogP contribution in [0.25, 0.3) is 28.8 Å². The summed E-state index contributed by atoms with van der Waals surface area (Å²) in [4.78, 5) is 39.9. The molecule has 3 aromatic carbocycles. The summed E-state index contributed by atoms with van der Waals surface area (Å²) in [7, 11) is -4.91. The number of Topliss-reactive ketones (excluding diaryl/α,β-unsaturated/α-hetero) is 1. The van der Waals surface area contributed by atoms with Crippen molar-refractivity contribution in [1.29, 1.82) is 0 Å². The first kappa shape index (κ1) is 43.8. The molecule has 0 radical (unpaired) electrons. The second-order valence-corrected chi connectivity index (χ2v) is 17.8. The largest absolute Gasteiger partial charge is 0.871 e. The predicted molar refractivity (Wildman–Crippen MR) is 228 cm³/mol. The van der Waals surface area contributed by atoms with Gasteiger partial charge in [0.1, 0.15) is 16.4 Å². The fourth-order valence-electron chi connectivity index (χ4n) is 6.75. The molecule has 0 unspecified atom stereocenters. The minimum atomic E-state index is -4.03. The van der Waals surface area contributed by atoms with Crippen molar-refractivity contribution < 1.29 is 50.5 Å². The molecular weight excluding hydrogens is 897 g/mol. The molecular formula is C43H31N10O11S2+. The molecule has 0 amide bonds. The molecule has 0 N–H and O–H groups in total. The number of benzene rings is 3. The van der Waals surface area contributed by atoms with Gasteiger partial charge < -0.3 is 30.1 Å². The maximum atomic E-state index is 12.9. The highest BCUT2D eigenvalue weighted by molar-refractivity contribution is 7.97. The number of ketones is 1. The molecule has 0 aliphatic carbocycles. The van der Waals surface area contributed by atoms with E-state index in [4.69, 9.17) is 4.74 Å². The molecule has 21 nitrogen and oxygen atoms in total. The zero-order valence-corrected chi connectivity index (χ0v) is 35.8.